The van der Waals surface area contributed by atoms with E-state index in [2.05, 4.69) is 36.4 Å². The number of hydrogen-bond acceptors (Lipinski definition) is 3. The van der Waals surface area contributed by atoms with Gasteiger partial charge in [-0.05, 0) is 78.1 Å². The maximum Gasteiger partial charge on any atom is 0.131 e. The Hall–Kier alpha value is -4.76. The number of phenolic OH excluding ortho intramolecular Hbond substituents is 2. The average molecular weight is 499 g/mol. The molecule has 0 spiro atoms. The van der Waals surface area contributed by atoms with E-state index in [0.29, 0.717) is 11.5 Å². The van der Waals surface area contributed by atoms with Crippen LogP contribution in [0.4, 0.5) is 0 Å². The number of benzene rings is 4. The quantitative estimate of drug-likeness (QED) is 0.279. The standard InChI is InChI=1S/C35H30O3/c1-3-10-31-33(27-14-8-16-29(36)22-27)35(26-20-18-25(19-21-26)24-12-6-5-7-13-24)34(32(38-31)11-4-2)28-15-9-17-30(37)23-28/h3-23,35-37H,1-2H3/b10-3-,11-4-. The Balaban J connectivity index is 1.78. The summed E-state index contributed by atoms with van der Waals surface area (Å²) in [5, 5.41) is 20.8. The van der Waals surface area contributed by atoms with E-state index in [4.69, 9.17) is 4.74 Å². The van der Waals surface area contributed by atoms with Crippen LogP contribution in [0, 0.1) is 0 Å². The first-order chi connectivity index (χ1) is 18.6. The SMILES string of the molecule is C/C=C\C1=C(c2cccc(O)c2)C(c2ccc(-c3ccccc3)cc2)C(c2cccc(O)c2)=C(/C=C\C)O1. The lowest BCUT2D eigenvalue weighted by Gasteiger charge is -2.33. The van der Waals surface area contributed by atoms with Gasteiger partial charge in [-0.25, -0.2) is 0 Å². The summed E-state index contributed by atoms with van der Waals surface area (Å²) in [6.45, 7) is 3.92. The van der Waals surface area contributed by atoms with Crippen molar-refractivity contribution in [3.63, 3.8) is 0 Å². The van der Waals surface area contributed by atoms with Crippen molar-refractivity contribution in [2.75, 3.05) is 0 Å². The van der Waals surface area contributed by atoms with Gasteiger partial charge in [-0.3, -0.25) is 0 Å². The second-order valence-corrected chi connectivity index (χ2v) is 9.18. The zero-order valence-electron chi connectivity index (χ0n) is 21.5. The molecule has 3 nitrogen and oxygen atoms in total. The Bertz CT molecular complexity index is 1480. The van der Waals surface area contributed by atoms with E-state index in [1.54, 1.807) is 24.3 Å². The Morgan fingerprint density at radius 3 is 1.50 bits per heavy atom. The molecule has 0 bridgehead atoms. The molecule has 5 rings (SSSR count). The van der Waals surface area contributed by atoms with Crippen molar-refractivity contribution >= 4 is 11.1 Å². The Kier molecular flexibility index (Phi) is 7.28. The topological polar surface area (TPSA) is 49.7 Å². The highest BCUT2D eigenvalue weighted by Crippen LogP contribution is 2.50. The van der Waals surface area contributed by atoms with Gasteiger partial charge in [-0.2, -0.15) is 0 Å². The Labute approximate surface area is 224 Å². The highest BCUT2D eigenvalue weighted by molar-refractivity contribution is 5.93. The molecule has 0 atom stereocenters. The van der Waals surface area contributed by atoms with Crippen LogP contribution in [0.3, 0.4) is 0 Å². The molecule has 0 aliphatic carbocycles. The van der Waals surface area contributed by atoms with Gasteiger partial charge in [0, 0.05) is 17.1 Å². The first kappa shape index (κ1) is 24.9. The maximum atomic E-state index is 10.4. The first-order valence-electron chi connectivity index (χ1n) is 12.7. The largest absolute Gasteiger partial charge is 0.508 e. The van der Waals surface area contributed by atoms with Crippen LogP contribution in [0.15, 0.2) is 139 Å². The van der Waals surface area contributed by atoms with Gasteiger partial charge in [-0.1, -0.05) is 91.0 Å². The second kappa shape index (κ2) is 11.1. The van der Waals surface area contributed by atoms with Crippen molar-refractivity contribution in [3.8, 4) is 22.6 Å². The summed E-state index contributed by atoms with van der Waals surface area (Å²) in [6.07, 6.45) is 7.85. The Morgan fingerprint density at radius 2 is 1.03 bits per heavy atom. The van der Waals surface area contributed by atoms with E-state index in [1.807, 2.05) is 80.6 Å². The molecule has 38 heavy (non-hydrogen) atoms. The number of phenols is 2. The van der Waals surface area contributed by atoms with Crippen molar-refractivity contribution in [2.45, 2.75) is 19.8 Å². The van der Waals surface area contributed by atoms with E-state index in [-0.39, 0.29) is 17.4 Å². The molecule has 0 saturated carbocycles. The van der Waals surface area contributed by atoms with Crippen molar-refractivity contribution in [2.24, 2.45) is 0 Å². The molecule has 1 aliphatic rings. The lowest BCUT2D eigenvalue weighted by atomic mass is 9.76. The van der Waals surface area contributed by atoms with Crippen LogP contribution in [0.2, 0.25) is 0 Å². The van der Waals surface area contributed by atoms with Crippen molar-refractivity contribution in [3.05, 3.63) is 156 Å². The molecule has 0 amide bonds. The van der Waals surface area contributed by atoms with Crippen molar-refractivity contribution in [1.82, 2.24) is 0 Å². The summed E-state index contributed by atoms with van der Waals surface area (Å²) in [5.41, 5.74) is 6.99. The molecule has 0 fully saturated rings. The zero-order chi connectivity index (χ0) is 26.5. The highest BCUT2D eigenvalue weighted by atomic mass is 16.5. The molecule has 1 heterocycles. The van der Waals surface area contributed by atoms with Crippen LogP contribution in [-0.4, -0.2) is 10.2 Å². The number of allylic oxidation sites excluding steroid dienone is 6. The monoisotopic (exact) mass is 498 g/mol. The molecule has 4 aromatic carbocycles. The summed E-state index contributed by atoms with van der Waals surface area (Å²) < 4.78 is 6.55. The van der Waals surface area contributed by atoms with Crippen LogP contribution >= 0.6 is 0 Å². The third-order valence-electron chi connectivity index (χ3n) is 6.63. The number of rotatable bonds is 6. The molecule has 0 aromatic heterocycles. The van der Waals surface area contributed by atoms with Gasteiger partial charge < -0.3 is 14.9 Å². The number of hydrogen-bond donors (Lipinski definition) is 2. The van der Waals surface area contributed by atoms with Gasteiger partial charge in [0.25, 0.3) is 0 Å². The fraction of sp³-hybridized carbons (Fsp3) is 0.0857. The fourth-order valence-electron chi connectivity index (χ4n) is 5.00. The van der Waals surface area contributed by atoms with E-state index in [0.717, 1.165) is 39.0 Å². The fourth-order valence-corrected chi connectivity index (χ4v) is 5.00. The van der Waals surface area contributed by atoms with Crippen LogP contribution in [-0.2, 0) is 4.74 Å². The van der Waals surface area contributed by atoms with Gasteiger partial charge in [0.05, 0.1) is 0 Å². The maximum absolute atomic E-state index is 10.4. The van der Waals surface area contributed by atoms with Gasteiger partial charge in [0.15, 0.2) is 0 Å². The first-order valence-corrected chi connectivity index (χ1v) is 12.7. The predicted molar refractivity (Wildman–Crippen MR) is 155 cm³/mol. The van der Waals surface area contributed by atoms with Gasteiger partial charge >= 0.3 is 0 Å². The average Bonchev–Trinajstić information content (AvgIpc) is 2.94. The molecule has 3 heteroatoms. The van der Waals surface area contributed by atoms with E-state index >= 15 is 0 Å². The molecule has 1 aliphatic heterocycles. The molecule has 4 aromatic rings. The molecule has 0 radical (unpaired) electrons. The van der Waals surface area contributed by atoms with Gasteiger partial charge in [0.1, 0.15) is 23.0 Å². The summed E-state index contributed by atoms with van der Waals surface area (Å²) in [5.74, 6) is 1.58. The molecule has 0 saturated heterocycles. The number of aromatic hydroxyl groups is 2. The zero-order valence-corrected chi connectivity index (χ0v) is 21.5. The molecular formula is C35H30O3. The van der Waals surface area contributed by atoms with Crippen molar-refractivity contribution in [1.29, 1.82) is 0 Å². The second-order valence-electron chi connectivity index (χ2n) is 9.18. The normalized spacial score (nSPS) is 14.5. The van der Waals surface area contributed by atoms with E-state index < -0.39 is 0 Å². The molecule has 2 N–H and O–H groups in total. The summed E-state index contributed by atoms with van der Waals surface area (Å²) >= 11 is 0. The van der Waals surface area contributed by atoms with Crippen LogP contribution in [0.5, 0.6) is 11.5 Å². The molecule has 0 unspecified atom stereocenters. The highest BCUT2D eigenvalue weighted by Gasteiger charge is 2.34. The third kappa shape index (κ3) is 5.05. The predicted octanol–water partition coefficient (Wildman–Crippen LogP) is 8.85. The summed E-state index contributed by atoms with van der Waals surface area (Å²) in [4.78, 5) is 0. The molecular weight excluding hydrogens is 468 g/mol. The van der Waals surface area contributed by atoms with Crippen LogP contribution in [0.25, 0.3) is 22.3 Å². The van der Waals surface area contributed by atoms with Crippen molar-refractivity contribution < 1.29 is 14.9 Å². The van der Waals surface area contributed by atoms with Gasteiger partial charge in [0.2, 0.25) is 0 Å². The minimum absolute atomic E-state index is 0.190. The minimum atomic E-state index is -0.227. The van der Waals surface area contributed by atoms with E-state index in [9.17, 15) is 10.2 Å². The summed E-state index contributed by atoms with van der Waals surface area (Å²) in [6, 6.07) is 33.5. The lowest BCUT2D eigenvalue weighted by molar-refractivity contribution is 0.331. The minimum Gasteiger partial charge on any atom is -0.508 e. The van der Waals surface area contributed by atoms with Gasteiger partial charge in [-0.15, -0.1) is 0 Å². The van der Waals surface area contributed by atoms with E-state index in [1.165, 1.54) is 0 Å². The third-order valence-corrected chi connectivity index (χ3v) is 6.63. The lowest BCUT2D eigenvalue weighted by Crippen LogP contribution is -2.15. The smallest absolute Gasteiger partial charge is 0.131 e. The van der Waals surface area contributed by atoms with Crippen LogP contribution in [0.1, 0.15) is 36.5 Å². The number of ether oxygens (including phenoxy) is 1. The van der Waals surface area contributed by atoms with Crippen LogP contribution < -0.4 is 0 Å². The summed E-state index contributed by atoms with van der Waals surface area (Å²) in [7, 11) is 0. The Morgan fingerprint density at radius 1 is 0.553 bits per heavy atom. The molecule has 188 valence electrons.